The van der Waals surface area contributed by atoms with E-state index in [1.54, 1.807) is 6.92 Å². The van der Waals surface area contributed by atoms with Gasteiger partial charge in [0, 0.05) is 12.6 Å². The van der Waals surface area contributed by atoms with E-state index in [-0.39, 0.29) is 12.5 Å². The number of amides is 4. The molecule has 2 N–H and O–H groups in total. The zero-order chi connectivity index (χ0) is 19.6. The fraction of sp³-hybridized carbons (Fsp3) is 0.526. The van der Waals surface area contributed by atoms with Crippen molar-refractivity contribution < 1.29 is 18.8 Å². The maximum absolute atomic E-state index is 13.1. The number of benzene rings is 1. The molecule has 0 bridgehead atoms. The molecule has 2 saturated heterocycles. The Bertz CT molecular complexity index is 739. The van der Waals surface area contributed by atoms with Crippen molar-refractivity contribution in [2.75, 3.05) is 26.2 Å². The minimum Gasteiger partial charge on any atom is -0.353 e. The first-order valence-electron chi connectivity index (χ1n) is 9.26. The van der Waals surface area contributed by atoms with Gasteiger partial charge in [0.1, 0.15) is 17.9 Å². The second-order valence-corrected chi connectivity index (χ2v) is 7.18. The lowest BCUT2D eigenvalue weighted by Gasteiger charge is -2.24. The van der Waals surface area contributed by atoms with Crippen LogP contribution in [0.1, 0.15) is 32.3 Å². The highest BCUT2D eigenvalue weighted by molar-refractivity contribution is 6.09. The molecule has 1 aromatic carbocycles. The summed E-state index contributed by atoms with van der Waals surface area (Å²) < 4.78 is 13.1. The number of imide groups is 1. The highest BCUT2D eigenvalue weighted by Crippen LogP contribution is 2.28. The minimum atomic E-state index is -1.31. The SMILES string of the molecule is CCN1CCCC1CNC(=O)CN1C(=O)NC(C)(c2ccc(F)cc2)C1=O. The van der Waals surface area contributed by atoms with Crippen molar-refractivity contribution in [2.45, 2.75) is 38.3 Å². The Morgan fingerprint density at radius 2 is 2.04 bits per heavy atom. The highest BCUT2D eigenvalue weighted by Gasteiger charge is 2.49. The summed E-state index contributed by atoms with van der Waals surface area (Å²) in [6.07, 6.45) is 2.14. The third-order valence-electron chi connectivity index (χ3n) is 5.44. The molecule has 0 aliphatic carbocycles. The Balaban J connectivity index is 1.61. The van der Waals surface area contributed by atoms with Gasteiger partial charge < -0.3 is 10.6 Å². The molecular formula is C19H25FN4O3. The molecule has 0 radical (unpaired) electrons. The molecule has 0 saturated carbocycles. The summed E-state index contributed by atoms with van der Waals surface area (Å²) in [5, 5.41) is 5.44. The van der Waals surface area contributed by atoms with E-state index < -0.39 is 23.3 Å². The topological polar surface area (TPSA) is 81.8 Å². The number of carbonyl (C=O) groups is 3. The van der Waals surface area contributed by atoms with E-state index >= 15 is 0 Å². The van der Waals surface area contributed by atoms with Crippen LogP contribution < -0.4 is 10.6 Å². The summed E-state index contributed by atoms with van der Waals surface area (Å²) >= 11 is 0. The van der Waals surface area contributed by atoms with Gasteiger partial charge in [0.2, 0.25) is 5.91 Å². The molecule has 2 atom stereocenters. The number of likely N-dealkylation sites (N-methyl/N-ethyl adjacent to an activating group) is 1. The fourth-order valence-corrected chi connectivity index (χ4v) is 3.79. The first-order chi connectivity index (χ1) is 12.8. The summed E-state index contributed by atoms with van der Waals surface area (Å²) in [5.41, 5.74) is -0.843. The lowest BCUT2D eigenvalue weighted by atomic mass is 9.92. The summed E-state index contributed by atoms with van der Waals surface area (Å²) in [5.74, 6) is -1.32. The average Bonchev–Trinajstić information content (AvgIpc) is 3.19. The van der Waals surface area contributed by atoms with E-state index in [0.717, 1.165) is 30.8 Å². The Morgan fingerprint density at radius 3 is 2.70 bits per heavy atom. The third kappa shape index (κ3) is 3.80. The molecule has 0 spiro atoms. The lowest BCUT2D eigenvalue weighted by Crippen LogP contribution is -2.46. The van der Waals surface area contributed by atoms with E-state index in [2.05, 4.69) is 22.5 Å². The van der Waals surface area contributed by atoms with Crippen LogP contribution in [0.15, 0.2) is 24.3 Å². The van der Waals surface area contributed by atoms with Gasteiger partial charge in [-0.25, -0.2) is 9.18 Å². The van der Waals surface area contributed by atoms with E-state index in [9.17, 15) is 18.8 Å². The summed E-state index contributed by atoms with van der Waals surface area (Å²) in [4.78, 5) is 40.5. The molecule has 8 heteroatoms. The Hall–Kier alpha value is -2.48. The Kier molecular flexibility index (Phi) is 5.46. The minimum absolute atomic E-state index is 0.298. The van der Waals surface area contributed by atoms with Gasteiger partial charge in [-0.05, 0) is 50.6 Å². The number of urea groups is 1. The summed E-state index contributed by atoms with van der Waals surface area (Å²) in [7, 11) is 0. The zero-order valence-corrected chi connectivity index (χ0v) is 15.6. The lowest BCUT2D eigenvalue weighted by molar-refractivity contribution is -0.134. The van der Waals surface area contributed by atoms with Crippen molar-refractivity contribution in [3.8, 4) is 0 Å². The van der Waals surface area contributed by atoms with Crippen molar-refractivity contribution in [3.63, 3.8) is 0 Å². The molecule has 2 heterocycles. The molecule has 2 aliphatic rings. The van der Waals surface area contributed by atoms with Crippen LogP contribution in [0.4, 0.5) is 9.18 Å². The first kappa shape index (κ1) is 19.3. The molecule has 3 rings (SSSR count). The van der Waals surface area contributed by atoms with E-state index in [0.29, 0.717) is 18.2 Å². The molecule has 2 aliphatic heterocycles. The van der Waals surface area contributed by atoms with Crippen LogP contribution in [0, 0.1) is 5.82 Å². The molecule has 7 nitrogen and oxygen atoms in total. The Labute approximate surface area is 157 Å². The van der Waals surface area contributed by atoms with Gasteiger partial charge >= 0.3 is 6.03 Å². The maximum atomic E-state index is 13.1. The van der Waals surface area contributed by atoms with Crippen molar-refractivity contribution in [1.29, 1.82) is 0 Å². The average molecular weight is 376 g/mol. The standard InChI is InChI=1S/C19H25FN4O3/c1-3-23-10-4-5-15(23)11-21-16(25)12-24-17(26)19(2,22-18(24)27)13-6-8-14(20)9-7-13/h6-9,15H,3-5,10-12H2,1-2H3,(H,21,25)(H,22,27). The van der Waals surface area contributed by atoms with E-state index in [4.69, 9.17) is 0 Å². The number of hydrogen-bond acceptors (Lipinski definition) is 4. The number of nitrogens with one attached hydrogen (secondary N) is 2. The van der Waals surface area contributed by atoms with Gasteiger partial charge in [-0.3, -0.25) is 19.4 Å². The molecule has 0 aromatic heterocycles. The molecule has 27 heavy (non-hydrogen) atoms. The van der Waals surface area contributed by atoms with Crippen LogP contribution in [0.3, 0.4) is 0 Å². The predicted octanol–water partition coefficient (Wildman–Crippen LogP) is 1.19. The number of hydrogen-bond donors (Lipinski definition) is 2. The smallest absolute Gasteiger partial charge is 0.325 e. The monoisotopic (exact) mass is 376 g/mol. The number of nitrogens with zero attached hydrogens (tertiary/aromatic N) is 2. The van der Waals surface area contributed by atoms with E-state index in [1.807, 2.05) is 0 Å². The fourth-order valence-electron chi connectivity index (χ4n) is 3.79. The molecule has 2 fully saturated rings. The number of carbonyl (C=O) groups excluding carboxylic acids is 3. The molecule has 1 aromatic rings. The van der Waals surface area contributed by atoms with Crippen LogP contribution in [0.5, 0.6) is 0 Å². The van der Waals surface area contributed by atoms with E-state index in [1.165, 1.54) is 24.3 Å². The second-order valence-electron chi connectivity index (χ2n) is 7.18. The van der Waals surface area contributed by atoms with Crippen molar-refractivity contribution in [2.24, 2.45) is 0 Å². The summed E-state index contributed by atoms with van der Waals surface area (Å²) in [6.45, 7) is 5.77. The van der Waals surface area contributed by atoms with Crippen LogP contribution in [0.2, 0.25) is 0 Å². The Morgan fingerprint density at radius 1 is 1.33 bits per heavy atom. The van der Waals surface area contributed by atoms with Gasteiger partial charge in [-0.15, -0.1) is 0 Å². The predicted molar refractivity (Wildman–Crippen MR) is 97.3 cm³/mol. The zero-order valence-electron chi connectivity index (χ0n) is 15.6. The van der Waals surface area contributed by atoms with Gasteiger partial charge in [0.05, 0.1) is 0 Å². The number of halogens is 1. The molecular weight excluding hydrogens is 351 g/mol. The van der Waals surface area contributed by atoms with Crippen molar-refractivity contribution >= 4 is 17.8 Å². The van der Waals surface area contributed by atoms with Gasteiger partial charge in [0.25, 0.3) is 5.91 Å². The van der Waals surface area contributed by atoms with Gasteiger partial charge in [0.15, 0.2) is 0 Å². The number of likely N-dealkylation sites (tertiary alicyclic amines) is 1. The molecule has 4 amide bonds. The normalized spacial score (nSPS) is 25.7. The van der Waals surface area contributed by atoms with Gasteiger partial charge in [-0.2, -0.15) is 0 Å². The number of rotatable bonds is 6. The first-order valence-corrected chi connectivity index (χ1v) is 9.26. The third-order valence-corrected chi connectivity index (χ3v) is 5.44. The van der Waals surface area contributed by atoms with Crippen LogP contribution >= 0.6 is 0 Å². The maximum Gasteiger partial charge on any atom is 0.325 e. The van der Waals surface area contributed by atoms with Gasteiger partial charge in [-0.1, -0.05) is 19.1 Å². The molecule has 146 valence electrons. The summed E-state index contributed by atoms with van der Waals surface area (Å²) in [6, 6.07) is 5.05. The quantitative estimate of drug-likeness (QED) is 0.731. The van der Waals surface area contributed by atoms with Crippen LogP contribution in [0.25, 0.3) is 0 Å². The van der Waals surface area contributed by atoms with Crippen molar-refractivity contribution in [1.82, 2.24) is 20.4 Å². The molecule has 2 unspecified atom stereocenters. The highest BCUT2D eigenvalue weighted by atomic mass is 19.1. The second kappa shape index (κ2) is 7.64. The van der Waals surface area contributed by atoms with Crippen LogP contribution in [-0.4, -0.2) is 59.9 Å². The van der Waals surface area contributed by atoms with Crippen molar-refractivity contribution in [3.05, 3.63) is 35.6 Å². The largest absolute Gasteiger partial charge is 0.353 e. The van der Waals surface area contributed by atoms with Crippen LogP contribution in [-0.2, 0) is 15.1 Å².